The van der Waals surface area contributed by atoms with Gasteiger partial charge in [-0.15, -0.1) is 0 Å². The number of carboxylic acid groups (broad SMARTS) is 1. The van der Waals surface area contributed by atoms with Crippen molar-refractivity contribution in [2.45, 2.75) is 51.0 Å². The molecule has 1 aromatic carbocycles. The molecule has 0 unspecified atom stereocenters. The number of fused-ring (bicyclic) bond motifs is 2. The summed E-state index contributed by atoms with van der Waals surface area (Å²) in [6.07, 6.45) is 5.25. The molecule has 1 aromatic heterocycles. The highest BCUT2D eigenvalue weighted by molar-refractivity contribution is 5.99. The van der Waals surface area contributed by atoms with Crippen LogP contribution in [0.1, 0.15) is 61.5 Å². The number of aliphatic carboxylic acids is 1. The van der Waals surface area contributed by atoms with Crippen LogP contribution in [0, 0.1) is 17.7 Å². The first-order chi connectivity index (χ1) is 17.6. The second kappa shape index (κ2) is 9.28. The van der Waals surface area contributed by atoms with Crippen LogP contribution < -0.4 is 10.1 Å². The van der Waals surface area contributed by atoms with E-state index in [1.54, 1.807) is 23.1 Å². The molecule has 2 heterocycles. The summed E-state index contributed by atoms with van der Waals surface area (Å²) in [5, 5.41) is 11.9. The number of amides is 2. The lowest BCUT2D eigenvalue weighted by Gasteiger charge is -2.42. The van der Waals surface area contributed by atoms with Crippen molar-refractivity contribution in [3.63, 3.8) is 0 Å². The van der Waals surface area contributed by atoms with Gasteiger partial charge in [-0.25, -0.2) is 9.37 Å². The van der Waals surface area contributed by atoms with Gasteiger partial charge in [-0.1, -0.05) is 26.0 Å². The van der Waals surface area contributed by atoms with Gasteiger partial charge in [0.1, 0.15) is 11.9 Å². The summed E-state index contributed by atoms with van der Waals surface area (Å²) in [4.78, 5) is 44.2. The van der Waals surface area contributed by atoms with Gasteiger partial charge < -0.3 is 20.1 Å². The number of hydrogen-bond donors (Lipinski definition) is 2. The van der Waals surface area contributed by atoms with Crippen molar-refractivity contribution in [2.24, 2.45) is 11.8 Å². The summed E-state index contributed by atoms with van der Waals surface area (Å²) < 4.78 is 20.3. The summed E-state index contributed by atoms with van der Waals surface area (Å²) in [7, 11) is 1.51. The Morgan fingerprint density at radius 2 is 2.00 bits per heavy atom. The molecule has 0 saturated heterocycles. The van der Waals surface area contributed by atoms with Crippen LogP contribution in [0.2, 0.25) is 0 Å². The molecule has 9 heteroatoms. The van der Waals surface area contributed by atoms with Crippen LogP contribution >= 0.6 is 0 Å². The molecule has 3 aliphatic rings. The zero-order chi connectivity index (χ0) is 26.5. The molecule has 1 saturated carbocycles. The van der Waals surface area contributed by atoms with Crippen LogP contribution in [0.15, 0.2) is 30.3 Å². The summed E-state index contributed by atoms with van der Waals surface area (Å²) in [6.45, 7) is 4.16. The molecule has 0 bridgehead atoms. The first-order valence-electron chi connectivity index (χ1n) is 12.5. The molecule has 8 nitrogen and oxygen atoms in total. The number of benzene rings is 1. The van der Waals surface area contributed by atoms with Crippen molar-refractivity contribution in [3.8, 4) is 5.88 Å². The molecule has 2 aromatic rings. The van der Waals surface area contributed by atoms with Gasteiger partial charge in [0.05, 0.1) is 12.8 Å². The number of rotatable bonds is 6. The lowest BCUT2D eigenvalue weighted by Crippen LogP contribution is -2.50. The number of carboxylic acids is 1. The van der Waals surface area contributed by atoms with Crippen LogP contribution in [0.5, 0.6) is 5.88 Å². The third-order valence-corrected chi connectivity index (χ3v) is 7.68. The van der Waals surface area contributed by atoms with Gasteiger partial charge in [-0.2, -0.15) is 0 Å². The predicted octanol–water partition coefficient (Wildman–Crippen LogP) is 4.10. The maximum atomic E-state index is 15.0. The number of methoxy groups -OCH3 is 1. The van der Waals surface area contributed by atoms with E-state index in [1.807, 2.05) is 26.0 Å². The van der Waals surface area contributed by atoms with Crippen molar-refractivity contribution in [2.75, 3.05) is 19.0 Å². The number of carbonyl (C=O) groups excluding carboxylic acids is 2. The topological polar surface area (TPSA) is 109 Å². The molecule has 2 amide bonds. The summed E-state index contributed by atoms with van der Waals surface area (Å²) in [5.74, 6) is -1.84. The van der Waals surface area contributed by atoms with Crippen molar-refractivity contribution < 1.29 is 28.6 Å². The fourth-order valence-corrected chi connectivity index (χ4v) is 5.79. The van der Waals surface area contributed by atoms with Crippen molar-refractivity contribution in [3.05, 3.63) is 58.5 Å². The number of carbonyl (C=O) groups is 3. The Hall–Kier alpha value is -3.75. The molecule has 1 atom stereocenters. The largest absolute Gasteiger partial charge is 0.481 e. The van der Waals surface area contributed by atoms with Crippen molar-refractivity contribution in [1.29, 1.82) is 0 Å². The minimum Gasteiger partial charge on any atom is -0.481 e. The van der Waals surface area contributed by atoms with Crippen LogP contribution in [0.3, 0.4) is 0 Å². The first-order valence-corrected chi connectivity index (χ1v) is 12.5. The van der Waals surface area contributed by atoms with Gasteiger partial charge in [-0.05, 0) is 42.5 Å². The van der Waals surface area contributed by atoms with Crippen molar-refractivity contribution in [1.82, 2.24) is 9.88 Å². The number of nitrogens with zero attached hydrogens (tertiary/aromatic N) is 2. The number of pyridine rings is 1. The minimum absolute atomic E-state index is 0.0339. The zero-order valence-electron chi connectivity index (χ0n) is 21.1. The van der Waals surface area contributed by atoms with E-state index in [0.717, 1.165) is 0 Å². The molecule has 1 aliphatic heterocycles. The molecule has 2 N–H and O–H groups in total. The van der Waals surface area contributed by atoms with Crippen LogP contribution in [0.4, 0.5) is 10.1 Å². The SMILES string of the molecule is COc1ccc2c(n1)CCN(C(=O)C1CC(CC(=O)O)C1)[C@H]2C(=O)Nc1cc(F)c2c(c1)C=CC2(C)C. The Labute approximate surface area is 214 Å². The van der Waals surface area contributed by atoms with Crippen LogP contribution in [0.25, 0.3) is 6.08 Å². The lowest BCUT2D eigenvalue weighted by atomic mass is 9.72. The number of aromatic nitrogens is 1. The number of halogens is 1. The Kier molecular flexibility index (Phi) is 6.25. The Bertz CT molecular complexity index is 1320. The van der Waals surface area contributed by atoms with E-state index in [0.29, 0.717) is 59.8 Å². The standard InChI is InChI=1S/C28H30FN3O5/c1-28(2)8-6-16-13-18(14-20(29)24(16)28)30-26(35)25-19-4-5-22(37-3)31-21(19)7-9-32(25)27(36)17-10-15(11-17)12-23(33)34/h4-6,8,13-15,17,25H,7,9-12H2,1-3H3,(H,30,35)(H,33,34)/t15?,17?,25-/m1/s1. The van der Waals surface area contributed by atoms with E-state index in [9.17, 15) is 14.4 Å². The van der Waals surface area contributed by atoms with E-state index in [-0.39, 0.29) is 24.2 Å². The minimum atomic E-state index is -0.948. The molecule has 194 valence electrons. The van der Waals surface area contributed by atoms with E-state index < -0.39 is 29.2 Å². The number of nitrogens with one attached hydrogen (secondary N) is 1. The monoisotopic (exact) mass is 507 g/mol. The highest BCUT2D eigenvalue weighted by Gasteiger charge is 2.43. The van der Waals surface area contributed by atoms with Gasteiger partial charge in [0.15, 0.2) is 0 Å². The van der Waals surface area contributed by atoms with Gasteiger partial charge >= 0.3 is 5.97 Å². The summed E-state index contributed by atoms with van der Waals surface area (Å²) in [5.41, 5.74) is 2.45. The van der Waals surface area contributed by atoms with Gasteiger partial charge in [-0.3, -0.25) is 14.4 Å². The number of ether oxygens (including phenoxy) is 1. The third-order valence-electron chi connectivity index (χ3n) is 7.68. The van der Waals surface area contributed by atoms with E-state index >= 15 is 4.39 Å². The van der Waals surface area contributed by atoms with E-state index in [2.05, 4.69) is 10.3 Å². The predicted molar refractivity (Wildman–Crippen MR) is 135 cm³/mol. The number of anilines is 1. The highest BCUT2D eigenvalue weighted by Crippen LogP contribution is 2.41. The Morgan fingerprint density at radius 3 is 2.70 bits per heavy atom. The molecule has 0 radical (unpaired) electrons. The van der Waals surface area contributed by atoms with Crippen LogP contribution in [-0.2, 0) is 26.2 Å². The average molecular weight is 508 g/mol. The molecule has 0 spiro atoms. The lowest BCUT2D eigenvalue weighted by molar-refractivity contribution is -0.149. The highest BCUT2D eigenvalue weighted by atomic mass is 19.1. The number of allylic oxidation sites excluding steroid dienone is 1. The van der Waals surface area contributed by atoms with E-state index in [4.69, 9.17) is 9.84 Å². The fraction of sp³-hybridized carbons (Fsp3) is 0.429. The van der Waals surface area contributed by atoms with Crippen molar-refractivity contribution >= 4 is 29.5 Å². The maximum absolute atomic E-state index is 15.0. The summed E-state index contributed by atoms with van der Waals surface area (Å²) in [6, 6.07) is 5.51. The Balaban J connectivity index is 1.43. The first kappa shape index (κ1) is 24.9. The van der Waals surface area contributed by atoms with Crippen LogP contribution in [-0.4, -0.2) is 46.4 Å². The fourth-order valence-electron chi connectivity index (χ4n) is 5.79. The van der Waals surface area contributed by atoms with E-state index in [1.165, 1.54) is 13.2 Å². The third kappa shape index (κ3) is 4.58. The molecule has 37 heavy (non-hydrogen) atoms. The zero-order valence-corrected chi connectivity index (χ0v) is 21.1. The smallest absolute Gasteiger partial charge is 0.303 e. The summed E-state index contributed by atoms with van der Waals surface area (Å²) >= 11 is 0. The second-order valence-corrected chi connectivity index (χ2v) is 10.7. The molecule has 2 aliphatic carbocycles. The average Bonchev–Trinajstić information content (AvgIpc) is 3.13. The van der Waals surface area contributed by atoms with Gasteiger partial charge in [0.25, 0.3) is 5.91 Å². The van der Waals surface area contributed by atoms with Gasteiger partial charge in [0.2, 0.25) is 11.8 Å². The molecule has 5 rings (SSSR count). The maximum Gasteiger partial charge on any atom is 0.303 e. The molecular weight excluding hydrogens is 477 g/mol. The quantitative estimate of drug-likeness (QED) is 0.610. The number of hydrogen-bond acceptors (Lipinski definition) is 5. The molecule has 1 fully saturated rings. The Morgan fingerprint density at radius 1 is 1.24 bits per heavy atom. The second-order valence-electron chi connectivity index (χ2n) is 10.7. The van der Waals surface area contributed by atoms with Gasteiger partial charge in [0, 0.05) is 53.6 Å². The molecular formula is C28H30FN3O5. The normalized spacial score (nSPS) is 23.0.